The third-order valence-corrected chi connectivity index (χ3v) is 3.05. The van der Waals surface area contributed by atoms with Gasteiger partial charge in [-0.1, -0.05) is 11.5 Å². The van der Waals surface area contributed by atoms with Gasteiger partial charge >= 0.3 is 0 Å². The number of azide groups is 1. The van der Waals surface area contributed by atoms with Crippen molar-refractivity contribution >= 4 is 0 Å². The van der Waals surface area contributed by atoms with E-state index in [1.165, 1.54) is 19.3 Å². The monoisotopic (exact) mass is 167 g/mol. The number of nitrogens with zero attached hydrogens (tertiary/aromatic N) is 3. The van der Waals surface area contributed by atoms with Crippen LogP contribution in [0, 0.1) is 5.41 Å². The summed E-state index contributed by atoms with van der Waals surface area (Å²) in [5.74, 6) is 0. The molecule has 0 N–H and O–H groups in total. The first-order valence-corrected chi connectivity index (χ1v) is 4.47. The van der Waals surface area contributed by atoms with E-state index in [1.807, 2.05) is 0 Å². The number of rotatable bonds is 2. The first-order valence-electron chi connectivity index (χ1n) is 4.47. The van der Waals surface area contributed by atoms with Gasteiger partial charge < -0.3 is 4.74 Å². The molecule has 2 rings (SSSR count). The average molecular weight is 167 g/mol. The summed E-state index contributed by atoms with van der Waals surface area (Å²) in [6.07, 6.45) is 5.25. The van der Waals surface area contributed by atoms with Crippen molar-refractivity contribution in [2.75, 3.05) is 13.2 Å². The molecular formula is C8H13N3O. The second-order valence-corrected chi connectivity index (χ2v) is 3.90. The van der Waals surface area contributed by atoms with Crippen LogP contribution in [0.5, 0.6) is 0 Å². The maximum absolute atomic E-state index is 8.13. The van der Waals surface area contributed by atoms with E-state index in [9.17, 15) is 0 Å². The van der Waals surface area contributed by atoms with E-state index in [0.717, 1.165) is 13.0 Å². The quantitative estimate of drug-likeness (QED) is 0.353. The predicted octanol–water partition coefficient (Wildman–Crippen LogP) is 2.26. The van der Waals surface area contributed by atoms with Crippen molar-refractivity contribution in [1.29, 1.82) is 0 Å². The predicted molar refractivity (Wildman–Crippen MR) is 44.7 cm³/mol. The topological polar surface area (TPSA) is 58.0 Å². The minimum Gasteiger partial charge on any atom is -0.377 e. The highest BCUT2D eigenvalue weighted by atomic mass is 16.5. The molecule has 1 atom stereocenters. The Balaban J connectivity index is 1.85. The highest BCUT2D eigenvalue weighted by molar-refractivity contribution is 4.94. The van der Waals surface area contributed by atoms with E-state index in [-0.39, 0.29) is 6.10 Å². The highest BCUT2D eigenvalue weighted by Crippen LogP contribution is 2.49. The lowest BCUT2D eigenvalue weighted by atomic mass is 9.68. The zero-order chi connectivity index (χ0) is 8.44. The third kappa shape index (κ3) is 1.28. The molecule has 0 radical (unpaired) electrons. The van der Waals surface area contributed by atoms with Gasteiger partial charge in [-0.2, -0.15) is 0 Å². The van der Waals surface area contributed by atoms with Gasteiger partial charge in [-0.15, -0.1) is 0 Å². The Kier molecular flexibility index (Phi) is 1.95. The molecular weight excluding hydrogens is 154 g/mol. The van der Waals surface area contributed by atoms with Gasteiger partial charge in [-0.05, 0) is 30.2 Å². The average Bonchev–Trinajstić information content (AvgIpc) is 2.44. The Bertz CT molecular complexity index is 218. The van der Waals surface area contributed by atoms with Gasteiger partial charge in [0.15, 0.2) is 0 Å². The largest absolute Gasteiger partial charge is 0.377 e. The van der Waals surface area contributed by atoms with E-state index in [1.54, 1.807) is 0 Å². The van der Waals surface area contributed by atoms with Crippen molar-refractivity contribution in [3.05, 3.63) is 10.4 Å². The van der Waals surface area contributed by atoms with E-state index in [0.29, 0.717) is 12.0 Å². The molecule has 4 heteroatoms. The van der Waals surface area contributed by atoms with Gasteiger partial charge in [0, 0.05) is 4.91 Å². The number of hydrogen-bond acceptors (Lipinski definition) is 2. The van der Waals surface area contributed by atoms with Gasteiger partial charge in [-0.25, -0.2) is 0 Å². The fourth-order valence-electron chi connectivity index (χ4n) is 2.17. The molecule has 0 bridgehead atoms. The molecule has 0 aromatic carbocycles. The maximum atomic E-state index is 8.13. The Morgan fingerprint density at radius 3 is 2.92 bits per heavy atom. The molecule has 4 nitrogen and oxygen atoms in total. The lowest BCUT2D eigenvalue weighted by Gasteiger charge is -2.36. The van der Waals surface area contributed by atoms with E-state index in [4.69, 9.17) is 10.3 Å². The Hall–Kier alpha value is -0.730. The molecule has 1 aliphatic heterocycles. The third-order valence-electron chi connectivity index (χ3n) is 3.05. The molecule has 12 heavy (non-hydrogen) atoms. The van der Waals surface area contributed by atoms with Gasteiger partial charge in [-0.3, -0.25) is 0 Å². The van der Waals surface area contributed by atoms with Gasteiger partial charge in [0.05, 0.1) is 19.3 Å². The second kappa shape index (κ2) is 2.96. The Labute approximate surface area is 71.5 Å². The summed E-state index contributed by atoms with van der Waals surface area (Å²) in [4.78, 5) is 2.74. The molecule has 2 fully saturated rings. The SMILES string of the molecule is [N-]=[N+]=NC[C@H]1CC2(CCC2)CO1. The van der Waals surface area contributed by atoms with Gasteiger partial charge in [0.1, 0.15) is 0 Å². The van der Waals surface area contributed by atoms with Crippen LogP contribution in [-0.2, 0) is 4.74 Å². The Morgan fingerprint density at radius 1 is 1.58 bits per heavy atom. The van der Waals surface area contributed by atoms with Crippen molar-refractivity contribution in [3.63, 3.8) is 0 Å². The molecule has 1 spiro atoms. The van der Waals surface area contributed by atoms with E-state index >= 15 is 0 Å². The second-order valence-electron chi connectivity index (χ2n) is 3.90. The molecule has 0 aromatic heterocycles. The molecule has 1 saturated heterocycles. The van der Waals surface area contributed by atoms with Crippen LogP contribution in [0.1, 0.15) is 25.7 Å². The highest BCUT2D eigenvalue weighted by Gasteiger charge is 2.44. The summed E-state index contributed by atoms with van der Waals surface area (Å²) in [6.45, 7) is 1.40. The summed E-state index contributed by atoms with van der Waals surface area (Å²) in [6, 6.07) is 0. The van der Waals surface area contributed by atoms with E-state index in [2.05, 4.69) is 10.0 Å². The van der Waals surface area contributed by atoms with Crippen LogP contribution in [0.15, 0.2) is 5.11 Å². The Morgan fingerprint density at radius 2 is 2.42 bits per heavy atom. The van der Waals surface area contributed by atoms with E-state index < -0.39 is 0 Å². The molecule has 0 aromatic rings. The van der Waals surface area contributed by atoms with Crippen molar-refractivity contribution in [3.8, 4) is 0 Å². The number of ether oxygens (including phenoxy) is 1. The fraction of sp³-hybridized carbons (Fsp3) is 1.00. The van der Waals surface area contributed by atoms with Crippen LogP contribution in [0.3, 0.4) is 0 Å². The molecule has 66 valence electrons. The lowest BCUT2D eigenvalue weighted by Crippen LogP contribution is -2.29. The zero-order valence-corrected chi connectivity index (χ0v) is 7.07. The summed E-state index contributed by atoms with van der Waals surface area (Å²) >= 11 is 0. The summed E-state index contributed by atoms with van der Waals surface area (Å²) in [5.41, 5.74) is 8.61. The molecule has 1 aliphatic carbocycles. The van der Waals surface area contributed by atoms with Crippen molar-refractivity contribution in [1.82, 2.24) is 0 Å². The van der Waals surface area contributed by atoms with Gasteiger partial charge in [0.2, 0.25) is 0 Å². The molecule has 1 heterocycles. The van der Waals surface area contributed by atoms with Gasteiger partial charge in [0.25, 0.3) is 0 Å². The summed E-state index contributed by atoms with van der Waals surface area (Å²) in [7, 11) is 0. The van der Waals surface area contributed by atoms with Crippen molar-refractivity contribution in [2.45, 2.75) is 31.8 Å². The molecule has 0 amide bonds. The van der Waals surface area contributed by atoms with Crippen LogP contribution in [0.2, 0.25) is 0 Å². The number of hydrogen-bond donors (Lipinski definition) is 0. The van der Waals surface area contributed by atoms with Crippen molar-refractivity contribution < 1.29 is 4.74 Å². The molecule has 1 saturated carbocycles. The standard InChI is InChI=1S/C8H13N3O/c9-11-10-5-7-4-8(6-12-7)2-1-3-8/h7H,1-6H2/t7-/m1/s1. The van der Waals surface area contributed by atoms with Crippen LogP contribution in [-0.4, -0.2) is 19.3 Å². The van der Waals surface area contributed by atoms with Crippen molar-refractivity contribution in [2.24, 2.45) is 10.5 Å². The summed E-state index contributed by atoms with van der Waals surface area (Å²) in [5, 5.41) is 3.53. The van der Waals surface area contributed by atoms with Crippen LogP contribution < -0.4 is 0 Å². The first kappa shape index (κ1) is 7.90. The smallest absolute Gasteiger partial charge is 0.0637 e. The fourth-order valence-corrected chi connectivity index (χ4v) is 2.17. The van der Waals surface area contributed by atoms with Crippen LogP contribution in [0.25, 0.3) is 10.4 Å². The minimum atomic E-state index is 0.196. The minimum absolute atomic E-state index is 0.196. The van der Waals surface area contributed by atoms with Crippen LogP contribution in [0.4, 0.5) is 0 Å². The maximum Gasteiger partial charge on any atom is 0.0637 e. The van der Waals surface area contributed by atoms with Crippen LogP contribution >= 0.6 is 0 Å². The normalized spacial score (nSPS) is 31.2. The molecule has 2 aliphatic rings. The zero-order valence-electron chi connectivity index (χ0n) is 7.07. The summed E-state index contributed by atoms with van der Waals surface area (Å²) < 4.78 is 5.55. The first-order chi connectivity index (χ1) is 5.85. The molecule has 0 unspecified atom stereocenters. The lowest BCUT2D eigenvalue weighted by molar-refractivity contribution is 0.0715.